The predicted molar refractivity (Wildman–Crippen MR) is 48.5 cm³/mol. The number of carbonyl (C=O) groups is 1. The molecule has 1 amide bonds. The van der Waals surface area contributed by atoms with E-state index in [0.717, 1.165) is 12.8 Å². The average Bonchev–Trinajstić information content (AvgIpc) is 2.59. The predicted octanol–water partition coefficient (Wildman–Crippen LogP) is 0.784. The van der Waals surface area contributed by atoms with Crippen LogP contribution in [0.2, 0.25) is 0 Å². The number of hydrogen-bond acceptors (Lipinski definition) is 3. The second-order valence-electron chi connectivity index (χ2n) is 2.86. The van der Waals surface area contributed by atoms with E-state index in [0.29, 0.717) is 0 Å². The maximum Gasteiger partial charge on any atom is 0.241 e. The number of nitrogens with zero attached hydrogens (tertiary/aromatic N) is 3. The highest BCUT2D eigenvalue weighted by Crippen LogP contribution is 2.07. The van der Waals surface area contributed by atoms with Gasteiger partial charge in [-0.1, -0.05) is 13.8 Å². The van der Waals surface area contributed by atoms with Crippen molar-refractivity contribution in [1.29, 1.82) is 0 Å². The van der Waals surface area contributed by atoms with E-state index in [4.69, 9.17) is 0 Å². The van der Waals surface area contributed by atoms with E-state index in [1.165, 1.54) is 17.3 Å². The zero-order chi connectivity index (χ0) is 9.68. The Morgan fingerprint density at radius 2 is 1.92 bits per heavy atom. The van der Waals surface area contributed by atoms with Gasteiger partial charge in [0, 0.05) is 5.92 Å². The summed E-state index contributed by atoms with van der Waals surface area (Å²) in [5.41, 5.74) is 2.68. The lowest BCUT2D eigenvalue weighted by molar-refractivity contribution is -0.121. The Labute approximate surface area is 77.1 Å². The Kier molecular flexibility index (Phi) is 3.42. The average molecular weight is 182 g/mol. The van der Waals surface area contributed by atoms with Crippen molar-refractivity contribution in [2.45, 2.75) is 26.7 Å². The first-order chi connectivity index (χ1) is 6.27. The molecule has 1 N–H and O–H groups in total. The van der Waals surface area contributed by atoms with Crippen LogP contribution in [0.25, 0.3) is 0 Å². The number of amides is 1. The topological polar surface area (TPSA) is 59.8 Å². The second-order valence-corrected chi connectivity index (χ2v) is 2.86. The molecule has 5 nitrogen and oxygen atoms in total. The monoisotopic (exact) mass is 182 g/mol. The van der Waals surface area contributed by atoms with Crippen molar-refractivity contribution < 1.29 is 4.79 Å². The van der Waals surface area contributed by atoms with Crippen LogP contribution < -0.4 is 5.43 Å². The molecule has 0 unspecified atom stereocenters. The molecule has 0 aliphatic heterocycles. The van der Waals surface area contributed by atoms with Gasteiger partial charge in [0.05, 0.1) is 0 Å². The summed E-state index contributed by atoms with van der Waals surface area (Å²) in [7, 11) is 0. The minimum Gasteiger partial charge on any atom is -0.273 e. The van der Waals surface area contributed by atoms with Gasteiger partial charge < -0.3 is 0 Å². The van der Waals surface area contributed by atoms with Crippen molar-refractivity contribution in [3.8, 4) is 0 Å². The van der Waals surface area contributed by atoms with Crippen molar-refractivity contribution in [2.75, 3.05) is 5.43 Å². The molecule has 1 rings (SSSR count). The molecule has 0 aliphatic carbocycles. The molecule has 1 aromatic rings. The second kappa shape index (κ2) is 4.59. The lowest BCUT2D eigenvalue weighted by Gasteiger charge is -2.11. The van der Waals surface area contributed by atoms with Crippen molar-refractivity contribution in [2.24, 2.45) is 5.92 Å². The van der Waals surface area contributed by atoms with E-state index in [1.807, 2.05) is 13.8 Å². The fourth-order valence-corrected chi connectivity index (χ4v) is 1.14. The first-order valence-electron chi connectivity index (χ1n) is 4.43. The highest BCUT2D eigenvalue weighted by Gasteiger charge is 2.13. The highest BCUT2D eigenvalue weighted by molar-refractivity contribution is 5.85. The fraction of sp³-hybridized carbons (Fsp3) is 0.625. The summed E-state index contributed by atoms with van der Waals surface area (Å²) < 4.78 is 1.46. The Balaban J connectivity index is 2.49. The van der Waals surface area contributed by atoms with Crippen LogP contribution in [0.3, 0.4) is 0 Å². The molecule has 0 aliphatic rings. The SMILES string of the molecule is CCC(CC)C(=O)Nn1cnnc1. The van der Waals surface area contributed by atoms with Crippen LogP contribution in [0.1, 0.15) is 26.7 Å². The molecule has 72 valence electrons. The molecule has 13 heavy (non-hydrogen) atoms. The lowest BCUT2D eigenvalue weighted by atomic mass is 10.0. The largest absolute Gasteiger partial charge is 0.273 e. The summed E-state index contributed by atoms with van der Waals surface area (Å²) in [6.45, 7) is 4.00. The lowest BCUT2D eigenvalue weighted by Crippen LogP contribution is -2.28. The first kappa shape index (κ1) is 9.70. The Hall–Kier alpha value is -1.39. The molecule has 0 saturated carbocycles. The first-order valence-corrected chi connectivity index (χ1v) is 4.43. The molecular formula is C8H14N4O. The molecule has 0 radical (unpaired) electrons. The molecule has 1 heterocycles. The minimum absolute atomic E-state index is 0.0183. The minimum atomic E-state index is 0.0183. The molecular weight excluding hydrogens is 168 g/mol. The van der Waals surface area contributed by atoms with Crippen LogP contribution in [-0.2, 0) is 4.79 Å². The van der Waals surface area contributed by atoms with Gasteiger partial charge in [0.2, 0.25) is 5.91 Å². The van der Waals surface area contributed by atoms with Gasteiger partial charge in [0.15, 0.2) is 0 Å². The standard InChI is InChI=1S/C8H14N4O/c1-3-7(4-2)8(13)11-12-5-9-10-6-12/h5-7H,3-4H2,1-2H3,(H,11,13). The van der Waals surface area contributed by atoms with Crippen LogP contribution in [0.15, 0.2) is 12.7 Å². The van der Waals surface area contributed by atoms with Gasteiger partial charge in [0.1, 0.15) is 12.7 Å². The molecule has 0 aromatic carbocycles. The third kappa shape index (κ3) is 2.54. The molecule has 0 spiro atoms. The van der Waals surface area contributed by atoms with Gasteiger partial charge >= 0.3 is 0 Å². The van der Waals surface area contributed by atoms with E-state index in [-0.39, 0.29) is 11.8 Å². The van der Waals surface area contributed by atoms with Gasteiger partial charge in [-0.25, -0.2) is 4.68 Å². The van der Waals surface area contributed by atoms with E-state index >= 15 is 0 Å². The van der Waals surface area contributed by atoms with Crippen LogP contribution in [0.5, 0.6) is 0 Å². The van der Waals surface area contributed by atoms with Gasteiger partial charge in [-0.2, -0.15) is 0 Å². The summed E-state index contributed by atoms with van der Waals surface area (Å²) in [6.07, 6.45) is 4.62. The van der Waals surface area contributed by atoms with E-state index < -0.39 is 0 Å². The summed E-state index contributed by atoms with van der Waals surface area (Å²) >= 11 is 0. The number of hydrogen-bond donors (Lipinski definition) is 1. The normalized spacial score (nSPS) is 10.4. The van der Waals surface area contributed by atoms with Gasteiger partial charge in [-0.3, -0.25) is 10.2 Å². The summed E-state index contributed by atoms with van der Waals surface area (Å²) in [4.78, 5) is 11.5. The van der Waals surface area contributed by atoms with Crippen molar-refractivity contribution in [1.82, 2.24) is 14.9 Å². The van der Waals surface area contributed by atoms with Crippen molar-refractivity contribution in [3.63, 3.8) is 0 Å². The zero-order valence-corrected chi connectivity index (χ0v) is 7.90. The van der Waals surface area contributed by atoms with E-state index in [9.17, 15) is 4.79 Å². The van der Waals surface area contributed by atoms with Crippen LogP contribution >= 0.6 is 0 Å². The molecule has 0 atom stereocenters. The van der Waals surface area contributed by atoms with Gasteiger partial charge in [-0.05, 0) is 12.8 Å². The third-order valence-corrected chi connectivity index (χ3v) is 2.01. The summed E-state index contributed by atoms with van der Waals surface area (Å²) in [5, 5.41) is 7.17. The van der Waals surface area contributed by atoms with Crippen molar-refractivity contribution >= 4 is 5.91 Å². The third-order valence-electron chi connectivity index (χ3n) is 2.01. The number of carbonyl (C=O) groups excluding carboxylic acids is 1. The van der Waals surface area contributed by atoms with Gasteiger partial charge in [0.25, 0.3) is 0 Å². The van der Waals surface area contributed by atoms with Gasteiger partial charge in [-0.15, -0.1) is 10.2 Å². The number of nitrogens with one attached hydrogen (secondary N) is 1. The molecule has 5 heteroatoms. The number of rotatable bonds is 4. The molecule has 0 bridgehead atoms. The number of aromatic nitrogens is 3. The zero-order valence-electron chi connectivity index (χ0n) is 7.90. The Morgan fingerprint density at radius 3 is 2.38 bits per heavy atom. The molecule has 0 fully saturated rings. The summed E-state index contributed by atoms with van der Waals surface area (Å²) in [6, 6.07) is 0. The van der Waals surface area contributed by atoms with E-state index in [1.54, 1.807) is 0 Å². The maximum atomic E-state index is 11.5. The van der Waals surface area contributed by atoms with Crippen LogP contribution in [-0.4, -0.2) is 20.8 Å². The molecule has 0 saturated heterocycles. The van der Waals surface area contributed by atoms with E-state index in [2.05, 4.69) is 15.6 Å². The Morgan fingerprint density at radius 1 is 1.38 bits per heavy atom. The maximum absolute atomic E-state index is 11.5. The smallest absolute Gasteiger partial charge is 0.241 e. The van der Waals surface area contributed by atoms with Crippen LogP contribution in [0, 0.1) is 5.92 Å². The van der Waals surface area contributed by atoms with Crippen LogP contribution in [0.4, 0.5) is 0 Å². The summed E-state index contributed by atoms with van der Waals surface area (Å²) in [5.74, 6) is 0.0900. The highest BCUT2D eigenvalue weighted by atomic mass is 16.2. The Bertz CT molecular complexity index is 253. The molecule has 1 aromatic heterocycles. The quantitative estimate of drug-likeness (QED) is 0.748. The fourth-order valence-electron chi connectivity index (χ4n) is 1.14. The van der Waals surface area contributed by atoms with Crippen molar-refractivity contribution in [3.05, 3.63) is 12.7 Å².